The lowest BCUT2D eigenvalue weighted by atomic mass is 10.0. The number of sulfonamides is 1. The molecule has 224 valence electrons. The highest BCUT2D eigenvalue weighted by Crippen LogP contribution is 2.29. The molecular weight excluding hydrogens is 562 g/mol. The number of aryl methyl sites for hydroxylation is 1. The molecule has 8 nitrogen and oxygen atoms in total. The largest absolute Gasteiger partial charge is 0.497 e. The third kappa shape index (κ3) is 7.42. The molecule has 1 atom stereocenters. The van der Waals surface area contributed by atoms with Gasteiger partial charge in [0.1, 0.15) is 18.3 Å². The normalized spacial score (nSPS) is 11.8. The third-order valence-electron chi connectivity index (χ3n) is 7.46. The standard InChI is InChI=1S/C34H37N3O5S/c1-25-13-11-20-31(26(25)2)37(43(40,41)30-18-9-6-10-19-30)24-33(38)36(23-28-16-12-17-29(21-28)42-4)32(34(39)35-3)22-27-14-7-5-8-15-27/h5-21,32H,22-24H2,1-4H3,(H,35,39)/t32-/m0/s1. The van der Waals surface area contributed by atoms with Crippen LogP contribution in [0.3, 0.4) is 0 Å². The maximum atomic E-state index is 14.4. The number of amides is 2. The number of carbonyl (C=O) groups excluding carboxylic acids is 2. The topological polar surface area (TPSA) is 96.0 Å². The van der Waals surface area contributed by atoms with Gasteiger partial charge in [-0.2, -0.15) is 0 Å². The van der Waals surface area contributed by atoms with Crippen LogP contribution in [0.4, 0.5) is 5.69 Å². The number of nitrogens with zero attached hydrogens (tertiary/aromatic N) is 2. The number of methoxy groups -OCH3 is 1. The van der Waals surface area contributed by atoms with E-state index < -0.39 is 28.5 Å². The molecule has 0 saturated heterocycles. The lowest BCUT2D eigenvalue weighted by Gasteiger charge is -2.34. The molecule has 0 aliphatic carbocycles. The Hall–Kier alpha value is -4.63. The Morgan fingerprint density at radius 1 is 0.837 bits per heavy atom. The van der Waals surface area contributed by atoms with Crippen LogP contribution in [-0.4, -0.2) is 51.9 Å². The number of benzene rings is 4. The van der Waals surface area contributed by atoms with Gasteiger partial charge < -0.3 is 15.0 Å². The minimum Gasteiger partial charge on any atom is -0.497 e. The Kier molecular flexibility index (Phi) is 10.2. The first-order chi connectivity index (χ1) is 20.6. The van der Waals surface area contributed by atoms with E-state index in [1.165, 1.54) is 24.1 Å². The molecule has 4 aromatic carbocycles. The predicted molar refractivity (Wildman–Crippen MR) is 168 cm³/mol. The maximum Gasteiger partial charge on any atom is 0.264 e. The van der Waals surface area contributed by atoms with E-state index >= 15 is 0 Å². The summed E-state index contributed by atoms with van der Waals surface area (Å²) in [6.45, 7) is 3.28. The number of hydrogen-bond donors (Lipinski definition) is 1. The van der Waals surface area contributed by atoms with Crippen LogP contribution >= 0.6 is 0 Å². The second-order valence-electron chi connectivity index (χ2n) is 10.2. The van der Waals surface area contributed by atoms with Crippen LogP contribution < -0.4 is 14.4 Å². The number of carbonyl (C=O) groups is 2. The fourth-order valence-electron chi connectivity index (χ4n) is 4.93. The molecule has 4 rings (SSSR count). The van der Waals surface area contributed by atoms with Crippen molar-refractivity contribution in [1.82, 2.24) is 10.2 Å². The van der Waals surface area contributed by atoms with Crippen molar-refractivity contribution in [3.05, 3.63) is 125 Å². The van der Waals surface area contributed by atoms with Crippen molar-refractivity contribution in [2.75, 3.05) is 25.0 Å². The van der Waals surface area contributed by atoms with Gasteiger partial charge >= 0.3 is 0 Å². The van der Waals surface area contributed by atoms with E-state index in [-0.39, 0.29) is 23.8 Å². The van der Waals surface area contributed by atoms with Gasteiger partial charge in [-0.3, -0.25) is 13.9 Å². The van der Waals surface area contributed by atoms with Gasteiger partial charge in [0.05, 0.1) is 17.7 Å². The minimum atomic E-state index is -4.15. The molecule has 0 aromatic heterocycles. The van der Waals surface area contributed by atoms with Gasteiger partial charge in [0.15, 0.2) is 0 Å². The van der Waals surface area contributed by atoms with E-state index in [0.717, 1.165) is 26.6 Å². The summed E-state index contributed by atoms with van der Waals surface area (Å²) in [5.74, 6) is -0.273. The summed E-state index contributed by atoms with van der Waals surface area (Å²) >= 11 is 0. The lowest BCUT2D eigenvalue weighted by Crippen LogP contribution is -2.53. The first-order valence-electron chi connectivity index (χ1n) is 14.0. The molecule has 0 aliphatic heterocycles. The second-order valence-corrected chi connectivity index (χ2v) is 12.1. The molecule has 0 bridgehead atoms. The Morgan fingerprint density at radius 3 is 2.12 bits per heavy atom. The molecule has 0 fully saturated rings. The molecule has 0 saturated carbocycles. The Balaban J connectivity index is 1.82. The third-order valence-corrected chi connectivity index (χ3v) is 9.23. The van der Waals surface area contributed by atoms with Crippen molar-refractivity contribution < 1.29 is 22.7 Å². The van der Waals surface area contributed by atoms with E-state index in [0.29, 0.717) is 11.4 Å². The van der Waals surface area contributed by atoms with Crippen molar-refractivity contribution in [3.63, 3.8) is 0 Å². The van der Waals surface area contributed by atoms with Crippen molar-refractivity contribution in [2.45, 2.75) is 37.8 Å². The Morgan fingerprint density at radius 2 is 1.47 bits per heavy atom. The van der Waals surface area contributed by atoms with Crippen LogP contribution in [0.25, 0.3) is 0 Å². The summed E-state index contributed by atoms with van der Waals surface area (Å²) < 4.78 is 34.8. The van der Waals surface area contributed by atoms with Crippen LogP contribution in [-0.2, 0) is 32.6 Å². The number of anilines is 1. The maximum absolute atomic E-state index is 14.4. The number of hydrogen-bond acceptors (Lipinski definition) is 5. The summed E-state index contributed by atoms with van der Waals surface area (Å²) in [5.41, 5.74) is 3.62. The van der Waals surface area contributed by atoms with Gasteiger partial charge in [-0.1, -0.05) is 72.8 Å². The summed E-state index contributed by atoms with van der Waals surface area (Å²) in [7, 11) is -1.07. The van der Waals surface area contributed by atoms with Gasteiger partial charge in [0, 0.05) is 20.0 Å². The minimum absolute atomic E-state index is 0.0625. The smallest absolute Gasteiger partial charge is 0.264 e. The molecule has 0 aliphatic rings. The first-order valence-corrected chi connectivity index (χ1v) is 15.4. The molecule has 9 heteroatoms. The zero-order valence-corrected chi connectivity index (χ0v) is 25.7. The van der Waals surface area contributed by atoms with Gasteiger partial charge in [-0.15, -0.1) is 0 Å². The van der Waals surface area contributed by atoms with Crippen molar-refractivity contribution >= 4 is 27.5 Å². The number of nitrogens with one attached hydrogen (secondary N) is 1. The number of rotatable bonds is 12. The highest BCUT2D eigenvalue weighted by molar-refractivity contribution is 7.92. The Bertz CT molecular complexity index is 1660. The van der Waals surface area contributed by atoms with Crippen LogP contribution in [0.2, 0.25) is 0 Å². The molecule has 0 unspecified atom stereocenters. The van der Waals surface area contributed by atoms with Crippen molar-refractivity contribution in [3.8, 4) is 5.75 Å². The van der Waals surface area contributed by atoms with E-state index in [1.54, 1.807) is 49.6 Å². The van der Waals surface area contributed by atoms with Gasteiger partial charge in [0.2, 0.25) is 11.8 Å². The van der Waals surface area contributed by atoms with Gasteiger partial charge in [-0.25, -0.2) is 8.42 Å². The molecule has 4 aromatic rings. The van der Waals surface area contributed by atoms with E-state index in [1.807, 2.05) is 62.4 Å². The van der Waals surface area contributed by atoms with E-state index in [2.05, 4.69) is 5.32 Å². The van der Waals surface area contributed by atoms with Gasteiger partial charge in [-0.05, 0) is 66.4 Å². The van der Waals surface area contributed by atoms with Crippen molar-refractivity contribution in [1.29, 1.82) is 0 Å². The lowest BCUT2D eigenvalue weighted by molar-refractivity contribution is -0.139. The van der Waals surface area contributed by atoms with Crippen LogP contribution in [0.15, 0.2) is 108 Å². The van der Waals surface area contributed by atoms with Crippen LogP contribution in [0.5, 0.6) is 5.75 Å². The predicted octanol–water partition coefficient (Wildman–Crippen LogP) is 4.89. The summed E-state index contributed by atoms with van der Waals surface area (Å²) in [4.78, 5) is 29.3. The molecule has 0 heterocycles. The van der Waals surface area contributed by atoms with Crippen LogP contribution in [0.1, 0.15) is 22.3 Å². The average molecular weight is 600 g/mol. The Labute approximate surface area is 254 Å². The highest BCUT2D eigenvalue weighted by atomic mass is 32.2. The molecular formula is C34H37N3O5S. The number of likely N-dealkylation sites (N-methyl/N-ethyl adjacent to an activating group) is 1. The quantitative estimate of drug-likeness (QED) is 0.250. The SMILES string of the molecule is CNC(=O)[C@H](Cc1ccccc1)N(Cc1cccc(OC)c1)C(=O)CN(c1cccc(C)c1C)S(=O)(=O)c1ccccc1. The molecule has 43 heavy (non-hydrogen) atoms. The second kappa shape index (κ2) is 14.0. The zero-order valence-electron chi connectivity index (χ0n) is 24.9. The monoisotopic (exact) mass is 599 g/mol. The molecule has 2 amide bonds. The van der Waals surface area contributed by atoms with E-state index in [4.69, 9.17) is 4.74 Å². The molecule has 0 spiro atoms. The fourth-order valence-corrected chi connectivity index (χ4v) is 6.42. The van der Waals surface area contributed by atoms with Gasteiger partial charge in [0.25, 0.3) is 10.0 Å². The summed E-state index contributed by atoms with van der Waals surface area (Å²) in [6.07, 6.45) is 0.241. The number of ether oxygens (including phenoxy) is 1. The average Bonchev–Trinajstić information content (AvgIpc) is 3.03. The summed E-state index contributed by atoms with van der Waals surface area (Å²) in [5, 5.41) is 2.70. The zero-order chi connectivity index (χ0) is 31.0. The molecule has 1 N–H and O–H groups in total. The molecule has 0 radical (unpaired) electrons. The fraction of sp³-hybridized carbons (Fsp3) is 0.235. The first kappa shape index (κ1) is 31.3. The highest BCUT2D eigenvalue weighted by Gasteiger charge is 2.34. The van der Waals surface area contributed by atoms with Crippen molar-refractivity contribution in [2.24, 2.45) is 0 Å². The van der Waals surface area contributed by atoms with Crippen LogP contribution in [0, 0.1) is 13.8 Å². The van der Waals surface area contributed by atoms with E-state index in [9.17, 15) is 18.0 Å². The summed E-state index contributed by atoms with van der Waals surface area (Å²) in [6, 6.07) is 29.2.